The molecule has 0 aliphatic carbocycles. The minimum absolute atomic E-state index is 0.0629. The number of benzene rings is 2. The molecule has 0 unspecified atom stereocenters. The van der Waals surface area contributed by atoms with Gasteiger partial charge in [-0.15, -0.1) is 0 Å². The quantitative estimate of drug-likeness (QED) is 0.387. The van der Waals surface area contributed by atoms with Crippen LogP contribution in [0.4, 0.5) is 5.69 Å². The van der Waals surface area contributed by atoms with E-state index in [1.165, 1.54) is 6.20 Å². The first kappa shape index (κ1) is 22.5. The number of nitrogens with one attached hydrogen (secondary N) is 1. The molecule has 1 aliphatic heterocycles. The zero-order valence-electron chi connectivity index (χ0n) is 20.0. The smallest absolute Gasteiger partial charge is 0.263 e. The molecule has 184 valence electrons. The van der Waals surface area contributed by atoms with Crippen molar-refractivity contribution in [3.8, 4) is 34.3 Å². The molecule has 10 heteroatoms. The molecular formula is C27H21N5O5. The number of pyridine rings is 2. The number of rotatable bonds is 5. The zero-order valence-corrected chi connectivity index (χ0v) is 20.0. The highest BCUT2D eigenvalue weighted by molar-refractivity contribution is 5.92. The van der Waals surface area contributed by atoms with Gasteiger partial charge in [0.25, 0.3) is 5.89 Å². The van der Waals surface area contributed by atoms with Crippen molar-refractivity contribution in [3.05, 3.63) is 82.3 Å². The van der Waals surface area contributed by atoms with Crippen LogP contribution < -0.4 is 20.2 Å². The van der Waals surface area contributed by atoms with Gasteiger partial charge in [0, 0.05) is 29.2 Å². The molecule has 0 spiro atoms. The van der Waals surface area contributed by atoms with Crippen LogP contribution in [0.3, 0.4) is 0 Å². The number of carbonyl (C=O) groups is 1. The van der Waals surface area contributed by atoms with E-state index in [-0.39, 0.29) is 36.1 Å². The Kier molecular flexibility index (Phi) is 5.41. The molecule has 6 rings (SSSR count). The molecule has 0 saturated heterocycles. The predicted octanol–water partition coefficient (Wildman–Crippen LogP) is 4.10. The van der Waals surface area contributed by atoms with Crippen LogP contribution in [0.15, 0.2) is 70.1 Å². The summed E-state index contributed by atoms with van der Waals surface area (Å²) >= 11 is 0. The maximum Gasteiger partial charge on any atom is 0.263 e. The van der Waals surface area contributed by atoms with E-state index in [0.29, 0.717) is 39.7 Å². The summed E-state index contributed by atoms with van der Waals surface area (Å²) in [6.07, 6.45) is 1.53. The van der Waals surface area contributed by atoms with Crippen molar-refractivity contribution in [2.24, 2.45) is 0 Å². The zero-order chi connectivity index (χ0) is 25.5. The first-order chi connectivity index (χ1) is 17.9. The Labute approximate surface area is 210 Å². The van der Waals surface area contributed by atoms with Crippen molar-refractivity contribution in [3.63, 3.8) is 0 Å². The van der Waals surface area contributed by atoms with Crippen molar-refractivity contribution in [2.45, 2.75) is 20.4 Å². The summed E-state index contributed by atoms with van der Waals surface area (Å²) in [5, 5.41) is 7.24. The molecule has 0 fully saturated rings. The van der Waals surface area contributed by atoms with E-state index in [1.54, 1.807) is 34.9 Å². The van der Waals surface area contributed by atoms with Gasteiger partial charge in [0.05, 0.1) is 5.39 Å². The number of hydrogen-bond donors (Lipinski definition) is 1. The monoisotopic (exact) mass is 495 g/mol. The van der Waals surface area contributed by atoms with Gasteiger partial charge in [-0.3, -0.25) is 9.59 Å². The molecule has 0 saturated carbocycles. The summed E-state index contributed by atoms with van der Waals surface area (Å²) in [5.74, 6) is 1.30. The first-order valence-corrected chi connectivity index (χ1v) is 11.6. The van der Waals surface area contributed by atoms with Crippen LogP contribution in [0.25, 0.3) is 33.9 Å². The van der Waals surface area contributed by atoms with Crippen molar-refractivity contribution >= 4 is 22.6 Å². The third kappa shape index (κ3) is 4.29. The highest BCUT2D eigenvalue weighted by Gasteiger charge is 2.20. The number of aromatic nitrogens is 4. The lowest BCUT2D eigenvalue weighted by atomic mass is 10.1. The first-order valence-electron chi connectivity index (χ1n) is 11.6. The van der Waals surface area contributed by atoms with Gasteiger partial charge < -0.3 is 23.9 Å². The summed E-state index contributed by atoms with van der Waals surface area (Å²) in [4.78, 5) is 35.3. The van der Waals surface area contributed by atoms with Crippen molar-refractivity contribution in [2.75, 3.05) is 12.1 Å². The van der Waals surface area contributed by atoms with Crippen molar-refractivity contribution in [1.82, 2.24) is 19.7 Å². The third-order valence-electron chi connectivity index (χ3n) is 6.00. The SMILES string of the molecule is Cc1ccc(-c2noc(-c3cn(CC(=O)Nc4ccc5c(c4)OCO5)c4nc(C)ccc4c3=O)n2)cc1. The van der Waals surface area contributed by atoms with E-state index in [0.717, 1.165) is 11.1 Å². The number of anilines is 1. The van der Waals surface area contributed by atoms with Gasteiger partial charge in [0.2, 0.25) is 24.0 Å². The maximum absolute atomic E-state index is 13.4. The van der Waals surface area contributed by atoms with Crippen LogP contribution in [-0.2, 0) is 11.3 Å². The van der Waals surface area contributed by atoms with E-state index in [2.05, 4.69) is 20.4 Å². The molecule has 2 aromatic carbocycles. The highest BCUT2D eigenvalue weighted by Crippen LogP contribution is 2.34. The number of aryl methyl sites for hydroxylation is 2. The maximum atomic E-state index is 13.4. The van der Waals surface area contributed by atoms with Gasteiger partial charge in [-0.1, -0.05) is 35.0 Å². The van der Waals surface area contributed by atoms with Crippen molar-refractivity contribution in [1.29, 1.82) is 0 Å². The lowest BCUT2D eigenvalue weighted by Gasteiger charge is -2.12. The molecule has 1 aliphatic rings. The second-order valence-electron chi connectivity index (χ2n) is 8.73. The number of carbonyl (C=O) groups excluding carboxylic acids is 1. The Morgan fingerprint density at radius 2 is 1.81 bits per heavy atom. The van der Waals surface area contributed by atoms with Crippen LogP contribution >= 0.6 is 0 Å². The van der Waals surface area contributed by atoms with Gasteiger partial charge in [-0.05, 0) is 38.1 Å². The number of amides is 1. The molecule has 0 atom stereocenters. The van der Waals surface area contributed by atoms with E-state index < -0.39 is 0 Å². The minimum atomic E-state index is -0.316. The summed E-state index contributed by atoms with van der Waals surface area (Å²) < 4.78 is 17.8. The van der Waals surface area contributed by atoms with Crippen LogP contribution in [0, 0.1) is 13.8 Å². The second kappa shape index (κ2) is 8.90. The molecule has 0 bridgehead atoms. The fraction of sp³-hybridized carbons (Fsp3) is 0.148. The average molecular weight is 495 g/mol. The second-order valence-corrected chi connectivity index (χ2v) is 8.73. The topological polar surface area (TPSA) is 121 Å². The summed E-state index contributed by atoms with van der Waals surface area (Å²) in [7, 11) is 0. The molecule has 3 aromatic heterocycles. The number of hydrogen-bond acceptors (Lipinski definition) is 8. The van der Waals surface area contributed by atoms with Gasteiger partial charge in [0.15, 0.2) is 11.5 Å². The normalized spacial score (nSPS) is 12.2. The highest BCUT2D eigenvalue weighted by atomic mass is 16.7. The molecule has 0 radical (unpaired) electrons. The molecule has 37 heavy (non-hydrogen) atoms. The number of nitrogens with zero attached hydrogens (tertiary/aromatic N) is 4. The van der Waals surface area contributed by atoms with Crippen LogP contribution in [0.2, 0.25) is 0 Å². The van der Waals surface area contributed by atoms with Gasteiger partial charge in [-0.2, -0.15) is 4.98 Å². The van der Waals surface area contributed by atoms with Gasteiger partial charge in [0.1, 0.15) is 17.8 Å². The lowest BCUT2D eigenvalue weighted by Crippen LogP contribution is -2.22. The Bertz CT molecular complexity index is 1720. The molecule has 1 N–H and O–H groups in total. The lowest BCUT2D eigenvalue weighted by molar-refractivity contribution is -0.116. The Morgan fingerprint density at radius 3 is 2.65 bits per heavy atom. The minimum Gasteiger partial charge on any atom is -0.454 e. The van der Waals surface area contributed by atoms with E-state index in [4.69, 9.17) is 14.0 Å². The summed E-state index contributed by atoms with van der Waals surface area (Å²) in [6, 6.07) is 16.3. The van der Waals surface area contributed by atoms with Crippen LogP contribution in [-0.4, -0.2) is 32.4 Å². The molecule has 5 aromatic rings. The Hall–Kier alpha value is -4.99. The number of ether oxygens (including phenoxy) is 2. The fourth-order valence-corrected chi connectivity index (χ4v) is 4.12. The Morgan fingerprint density at radius 1 is 1.00 bits per heavy atom. The predicted molar refractivity (Wildman–Crippen MR) is 135 cm³/mol. The molecular weight excluding hydrogens is 474 g/mol. The number of fused-ring (bicyclic) bond motifs is 2. The average Bonchev–Trinajstić information content (AvgIpc) is 3.56. The van der Waals surface area contributed by atoms with Crippen LogP contribution in [0.5, 0.6) is 11.5 Å². The van der Waals surface area contributed by atoms with E-state index >= 15 is 0 Å². The molecule has 4 heterocycles. The van der Waals surface area contributed by atoms with Crippen molar-refractivity contribution < 1.29 is 18.8 Å². The standard InChI is InChI=1S/C27H21N5O5/c1-15-3-6-17(7-4-15)25-30-27(37-31-25)20-12-32(26-19(24(20)34)9-5-16(2)28-26)13-23(33)29-18-8-10-21-22(11-18)36-14-35-21/h3-12H,13-14H2,1-2H3,(H,29,33). The van der Waals surface area contributed by atoms with E-state index in [1.807, 2.05) is 38.1 Å². The fourth-order valence-electron chi connectivity index (χ4n) is 4.12. The van der Waals surface area contributed by atoms with Crippen LogP contribution in [0.1, 0.15) is 11.3 Å². The third-order valence-corrected chi connectivity index (χ3v) is 6.00. The Balaban J connectivity index is 1.36. The van der Waals surface area contributed by atoms with Gasteiger partial charge in [-0.25, -0.2) is 4.98 Å². The van der Waals surface area contributed by atoms with E-state index in [9.17, 15) is 9.59 Å². The largest absolute Gasteiger partial charge is 0.454 e. The molecule has 10 nitrogen and oxygen atoms in total. The summed E-state index contributed by atoms with van der Waals surface area (Å²) in [6.45, 7) is 3.85. The molecule has 1 amide bonds. The van der Waals surface area contributed by atoms with Gasteiger partial charge >= 0.3 is 0 Å². The summed E-state index contributed by atoms with van der Waals surface area (Å²) in [5.41, 5.74) is 3.39.